The fourth-order valence-electron chi connectivity index (χ4n) is 2.09. The molecule has 4 atom stereocenters. The number of fused-ring (bicyclic) bond motifs is 2. The molecule has 7 nitrogen and oxygen atoms in total. The van der Waals surface area contributed by atoms with E-state index >= 15 is 0 Å². The Morgan fingerprint density at radius 3 is 2.88 bits per heavy atom. The minimum Gasteiger partial charge on any atom is -0.387 e. The Balaban J connectivity index is 2.00. The van der Waals surface area contributed by atoms with Crippen LogP contribution in [0.25, 0.3) is 0 Å². The van der Waals surface area contributed by atoms with Crippen LogP contribution >= 0.6 is 0 Å². The highest BCUT2D eigenvalue weighted by Crippen LogP contribution is 2.36. The SMILES string of the molecule is O=c1ccn(C2OC3COC2C3O)c(=O)[nH]1. The average Bonchev–Trinajstić information content (AvgIpc) is 2.74. The minimum atomic E-state index is -0.719. The molecule has 0 amide bonds. The lowest BCUT2D eigenvalue weighted by Gasteiger charge is -2.23. The first-order valence-electron chi connectivity index (χ1n) is 4.93. The lowest BCUT2D eigenvalue weighted by atomic mass is 10.2. The highest BCUT2D eigenvalue weighted by atomic mass is 16.6. The third-order valence-corrected chi connectivity index (χ3v) is 2.89. The molecule has 7 heteroatoms. The Labute approximate surface area is 89.2 Å². The van der Waals surface area contributed by atoms with E-state index in [1.165, 1.54) is 16.8 Å². The molecule has 3 rings (SSSR count). The number of rotatable bonds is 1. The van der Waals surface area contributed by atoms with E-state index in [4.69, 9.17) is 9.47 Å². The van der Waals surface area contributed by atoms with Crippen LogP contribution in [0.3, 0.4) is 0 Å². The van der Waals surface area contributed by atoms with E-state index in [2.05, 4.69) is 4.98 Å². The van der Waals surface area contributed by atoms with E-state index in [1.807, 2.05) is 0 Å². The summed E-state index contributed by atoms with van der Waals surface area (Å²) in [4.78, 5) is 24.5. The van der Waals surface area contributed by atoms with Gasteiger partial charge in [0.25, 0.3) is 5.56 Å². The number of hydrogen-bond acceptors (Lipinski definition) is 5. The van der Waals surface area contributed by atoms with E-state index in [0.29, 0.717) is 6.61 Å². The summed E-state index contributed by atoms with van der Waals surface area (Å²) >= 11 is 0. The summed E-state index contributed by atoms with van der Waals surface area (Å²) in [7, 11) is 0. The highest BCUT2D eigenvalue weighted by Gasteiger charge is 2.51. The fraction of sp³-hybridized carbons (Fsp3) is 0.556. The van der Waals surface area contributed by atoms with Crippen LogP contribution in [0.1, 0.15) is 6.23 Å². The Hall–Kier alpha value is -1.44. The third-order valence-electron chi connectivity index (χ3n) is 2.89. The molecule has 2 bridgehead atoms. The molecule has 2 N–H and O–H groups in total. The number of nitrogens with zero attached hydrogens (tertiary/aromatic N) is 1. The zero-order chi connectivity index (χ0) is 11.3. The van der Waals surface area contributed by atoms with E-state index in [1.54, 1.807) is 0 Å². The first-order valence-corrected chi connectivity index (χ1v) is 4.93. The average molecular weight is 226 g/mol. The van der Waals surface area contributed by atoms with Gasteiger partial charge in [0, 0.05) is 12.3 Å². The van der Waals surface area contributed by atoms with E-state index in [9.17, 15) is 14.7 Å². The topological polar surface area (TPSA) is 93.5 Å². The van der Waals surface area contributed by atoms with Crippen LogP contribution in [0.4, 0.5) is 0 Å². The monoisotopic (exact) mass is 226 g/mol. The van der Waals surface area contributed by atoms with Gasteiger partial charge < -0.3 is 14.6 Å². The number of aliphatic hydroxyl groups is 1. The van der Waals surface area contributed by atoms with Crippen LogP contribution in [0.2, 0.25) is 0 Å². The Bertz CT molecular complexity index is 521. The van der Waals surface area contributed by atoms with Gasteiger partial charge in [0.15, 0.2) is 6.23 Å². The predicted octanol–water partition coefficient (Wildman–Crippen LogP) is -1.81. The number of nitrogens with one attached hydrogen (secondary N) is 1. The van der Waals surface area contributed by atoms with Crippen LogP contribution in [0.5, 0.6) is 0 Å². The second-order valence-electron chi connectivity index (χ2n) is 3.87. The van der Waals surface area contributed by atoms with Crippen LogP contribution in [-0.4, -0.2) is 39.6 Å². The minimum absolute atomic E-state index is 0.334. The smallest absolute Gasteiger partial charge is 0.330 e. The second-order valence-corrected chi connectivity index (χ2v) is 3.87. The zero-order valence-corrected chi connectivity index (χ0v) is 8.20. The molecule has 86 valence electrons. The molecule has 0 aromatic carbocycles. The van der Waals surface area contributed by atoms with Gasteiger partial charge in [-0.25, -0.2) is 4.79 Å². The van der Waals surface area contributed by atoms with Crippen LogP contribution in [-0.2, 0) is 9.47 Å². The molecule has 0 radical (unpaired) electrons. The molecule has 2 aliphatic heterocycles. The molecule has 16 heavy (non-hydrogen) atoms. The number of aliphatic hydroxyl groups excluding tert-OH is 1. The maximum atomic E-state index is 11.5. The van der Waals surface area contributed by atoms with Crippen LogP contribution in [0.15, 0.2) is 21.9 Å². The van der Waals surface area contributed by atoms with Crippen LogP contribution in [0, 0.1) is 0 Å². The Morgan fingerprint density at radius 1 is 1.50 bits per heavy atom. The summed E-state index contributed by atoms with van der Waals surface area (Å²) < 4.78 is 12.0. The third kappa shape index (κ3) is 1.26. The standard InChI is InChI=1S/C9H10N2O5/c12-5-1-2-11(9(14)10-5)8-7-6(13)4(16-8)3-15-7/h1-2,4,6-8,13H,3H2,(H,10,12,14). The van der Waals surface area contributed by atoms with Crippen LogP contribution < -0.4 is 11.2 Å². The second kappa shape index (κ2) is 3.27. The largest absolute Gasteiger partial charge is 0.387 e. The van der Waals surface area contributed by atoms with Gasteiger partial charge in [-0.1, -0.05) is 0 Å². The zero-order valence-electron chi connectivity index (χ0n) is 8.20. The summed E-state index contributed by atoms with van der Waals surface area (Å²) in [5, 5.41) is 9.67. The number of aromatic nitrogens is 2. The number of H-pyrrole nitrogens is 1. The molecular weight excluding hydrogens is 216 g/mol. The van der Waals surface area contributed by atoms with Gasteiger partial charge in [-0.3, -0.25) is 14.3 Å². The van der Waals surface area contributed by atoms with Gasteiger partial charge in [-0.2, -0.15) is 0 Å². The molecule has 2 aliphatic rings. The summed E-state index contributed by atoms with van der Waals surface area (Å²) in [6.07, 6.45) is -0.993. The van der Waals surface area contributed by atoms with Gasteiger partial charge in [0.2, 0.25) is 0 Å². The summed E-state index contributed by atoms with van der Waals surface area (Å²) in [5.74, 6) is 0. The Kier molecular flexibility index (Phi) is 2.00. The maximum Gasteiger partial charge on any atom is 0.330 e. The van der Waals surface area contributed by atoms with Gasteiger partial charge in [0.05, 0.1) is 6.61 Å². The van der Waals surface area contributed by atoms with E-state index < -0.39 is 35.8 Å². The highest BCUT2D eigenvalue weighted by molar-refractivity contribution is 4.97. The van der Waals surface area contributed by atoms with Crippen molar-refractivity contribution in [1.82, 2.24) is 9.55 Å². The van der Waals surface area contributed by atoms with Crippen molar-refractivity contribution < 1.29 is 14.6 Å². The number of aromatic amines is 1. The van der Waals surface area contributed by atoms with E-state index in [0.717, 1.165) is 0 Å². The number of hydrogen-bond donors (Lipinski definition) is 2. The molecule has 4 unspecified atom stereocenters. The maximum absolute atomic E-state index is 11.5. The molecule has 1 aromatic heterocycles. The van der Waals surface area contributed by atoms with Crippen molar-refractivity contribution in [2.75, 3.05) is 6.61 Å². The molecule has 0 aliphatic carbocycles. The number of ether oxygens (including phenoxy) is 2. The molecule has 3 heterocycles. The first kappa shape index (κ1) is 9.76. The molecular formula is C9H10N2O5. The van der Waals surface area contributed by atoms with Crippen molar-refractivity contribution in [3.63, 3.8) is 0 Å². The lowest BCUT2D eigenvalue weighted by molar-refractivity contribution is -0.128. The van der Waals surface area contributed by atoms with Crippen molar-refractivity contribution in [2.24, 2.45) is 0 Å². The van der Waals surface area contributed by atoms with Gasteiger partial charge in [-0.05, 0) is 0 Å². The molecule has 1 aromatic rings. The quantitative estimate of drug-likeness (QED) is 0.589. The fourth-order valence-corrected chi connectivity index (χ4v) is 2.09. The summed E-state index contributed by atoms with van der Waals surface area (Å²) in [6, 6.07) is 1.23. The molecule has 2 saturated heterocycles. The van der Waals surface area contributed by atoms with Crippen molar-refractivity contribution in [3.8, 4) is 0 Å². The van der Waals surface area contributed by atoms with Gasteiger partial charge >= 0.3 is 5.69 Å². The van der Waals surface area contributed by atoms with Gasteiger partial charge in [-0.15, -0.1) is 0 Å². The summed E-state index contributed by atoms with van der Waals surface area (Å²) in [5.41, 5.74) is -1.04. The van der Waals surface area contributed by atoms with Gasteiger partial charge in [0.1, 0.15) is 18.3 Å². The van der Waals surface area contributed by atoms with Crippen molar-refractivity contribution in [1.29, 1.82) is 0 Å². The Morgan fingerprint density at radius 2 is 2.31 bits per heavy atom. The summed E-state index contributed by atoms with van der Waals surface area (Å²) in [6.45, 7) is 0.334. The lowest BCUT2D eigenvalue weighted by Crippen LogP contribution is -2.38. The van der Waals surface area contributed by atoms with E-state index in [-0.39, 0.29) is 0 Å². The predicted molar refractivity (Wildman–Crippen MR) is 51.0 cm³/mol. The molecule has 0 saturated carbocycles. The van der Waals surface area contributed by atoms with Crippen molar-refractivity contribution in [2.45, 2.75) is 24.5 Å². The normalized spacial score (nSPS) is 36.8. The molecule has 2 fully saturated rings. The molecule has 0 spiro atoms. The van der Waals surface area contributed by atoms with Crippen molar-refractivity contribution >= 4 is 0 Å². The first-order chi connectivity index (χ1) is 7.66. The van der Waals surface area contributed by atoms with Crippen molar-refractivity contribution in [3.05, 3.63) is 33.1 Å².